The van der Waals surface area contributed by atoms with Crippen molar-refractivity contribution in [3.63, 3.8) is 0 Å². The van der Waals surface area contributed by atoms with Crippen molar-refractivity contribution in [3.05, 3.63) is 54.1 Å². The van der Waals surface area contributed by atoms with Crippen molar-refractivity contribution < 1.29 is 16.8 Å². The van der Waals surface area contributed by atoms with E-state index in [1.807, 2.05) is 0 Å². The molecule has 2 aromatic carbocycles. The minimum Gasteiger partial charge on any atom is -0.280 e. The molecule has 0 aliphatic carbocycles. The van der Waals surface area contributed by atoms with Crippen LogP contribution in [0.4, 0.5) is 5.69 Å². The lowest BCUT2D eigenvalue weighted by Gasteiger charge is -2.09. The molecule has 2 rings (SSSR count). The van der Waals surface area contributed by atoms with Gasteiger partial charge in [0.05, 0.1) is 9.79 Å². The molecule has 0 saturated heterocycles. The Morgan fingerprint density at radius 3 is 2.05 bits per heavy atom. The number of rotatable bonds is 4. The summed E-state index contributed by atoms with van der Waals surface area (Å²) in [6.07, 6.45) is 0. The van der Waals surface area contributed by atoms with Crippen LogP contribution in [0.1, 0.15) is 5.56 Å². The monoisotopic (exact) mass is 345 g/mol. The van der Waals surface area contributed by atoms with Crippen molar-refractivity contribution in [2.75, 3.05) is 4.72 Å². The Morgan fingerprint density at radius 1 is 0.905 bits per heavy atom. The van der Waals surface area contributed by atoms with E-state index in [1.54, 1.807) is 25.1 Å². The first-order chi connectivity index (χ1) is 9.68. The molecule has 2 aromatic rings. The second kappa shape index (κ2) is 5.67. The number of anilines is 1. The number of benzene rings is 2. The van der Waals surface area contributed by atoms with Crippen LogP contribution in [0.2, 0.25) is 0 Å². The van der Waals surface area contributed by atoms with Crippen LogP contribution >= 0.6 is 10.7 Å². The second-order valence-corrected chi connectivity index (χ2v) is 8.63. The van der Waals surface area contributed by atoms with Gasteiger partial charge in [-0.05, 0) is 48.9 Å². The average Bonchev–Trinajstić information content (AvgIpc) is 2.38. The molecule has 0 amide bonds. The van der Waals surface area contributed by atoms with Crippen molar-refractivity contribution in [2.45, 2.75) is 16.7 Å². The largest absolute Gasteiger partial charge is 0.280 e. The third kappa shape index (κ3) is 3.96. The number of nitrogens with one attached hydrogen (secondary N) is 1. The van der Waals surface area contributed by atoms with E-state index >= 15 is 0 Å². The third-order valence-electron chi connectivity index (χ3n) is 2.69. The van der Waals surface area contributed by atoms with Gasteiger partial charge in [0.2, 0.25) is 0 Å². The first kappa shape index (κ1) is 15.8. The number of sulfonamides is 1. The summed E-state index contributed by atoms with van der Waals surface area (Å²) in [6, 6.07) is 11.6. The van der Waals surface area contributed by atoms with Gasteiger partial charge >= 0.3 is 0 Å². The zero-order chi connectivity index (χ0) is 15.7. The zero-order valence-electron chi connectivity index (χ0n) is 10.9. The van der Waals surface area contributed by atoms with Crippen LogP contribution in [0.3, 0.4) is 0 Å². The van der Waals surface area contributed by atoms with Crippen LogP contribution in [0.15, 0.2) is 58.3 Å². The molecule has 112 valence electrons. The predicted octanol–water partition coefficient (Wildman–Crippen LogP) is 2.72. The van der Waals surface area contributed by atoms with Gasteiger partial charge in [0.1, 0.15) is 0 Å². The minimum atomic E-state index is -3.83. The van der Waals surface area contributed by atoms with Crippen LogP contribution in [0.25, 0.3) is 0 Å². The van der Waals surface area contributed by atoms with Gasteiger partial charge in [-0.15, -0.1) is 0 Å². The van der Waals surface area contributed by atoms with E-state index in [1.165, 1.54) is 30.3 Å². The average molecular weight is 346 g/mol. The van der Waals surface area contributed by atoms with Gasteiger partial charge < -0.3 is 0 Å². The summed E-state index contributed by atoms with van der Waals surface area (Å²) in [6.45, 7) is 1.79. The standard InChI is InChI=1S/C13H12ClNO4S2/c1-10-3-2-4-13(9-10)21(18,19)15-11-5-7-12(8-6-11)20(14,16)17/h2-9,15H,1H3. The fraction of sp³-hybridized carbons (Fsp3) is 0.0769. The summed E-state index contributed by atoms with van der Waals surface area (Å²) in [5.41, 5.74) is 1.07. The van der Waals surface area contributed by atoms with E-state index in [9.17, 15) is 16.8 Å². The molecule has 21 heavy (non-hydrogen) atoms. The maximum Gasteiger partial charge on any atom is 0.261 e. The van der Waals surface area contributed by atoms with Crippen LogP contribution in [0.5, 0.6) is 0 Å². The highest BCUT2D eigenvalue weighted by Gasteiger charge is 2.15. The Kier molecular flexibility index (Phi) is 4.27. The lowest BCUT2D eigenvalue weighted by Crippen LogP contribution is -2.13. The van der Waals surface area contributed by atoms with Crippen LogP contribution < -0.4 is 4.72 Å². The first-order valence-electron chi connectivity index (χ1n) is 5.83. The molecule has 0 bridgehead atoms. The Morgan fingerprint density at radius 2 is 1.52 bits per heavy atom. The molecule has 5 nitrogen and oxygen atoms in total. The summed E-state index contributed by atoms with van der Waals surface area (Å²) in [4.78, 5) is 0.0409. The molecule has 0 spiro atoms. The van der Waals surface area contributed by atoms with Crippen molar-refractivity contribution in [1.82, 2.24) is 0 Å². The Hall–Kier alpha value is -1.57. The predicted molar refractivity (Wildman–Crippen MR) is 81.5 cm³/mol. The molecular weight excluding hydrogens is 334 g/mol. The van der Waals surface area contributed by atoms with Gasteiger partial charge in [-0.25, -0.2) is 16.8 Å². The molecule has 0 unspecified atom stereocenters. The van der Waals surface area contributed by atoms with Gasteiger partial charge in [0, 0.05) is 16.4 Å². The quantitative estimate of drug-likeness (QED) is 0.864. The van der Waals surface area contributed by atoms with E-state index in [-0.39, 0.29) is 15.5 Å². The summed E-state index contributed by atoms with van der Waals surface area (Å²) in [5.74, 6) is 0. The van der Waals surface area contributed by atoms with Crippen molar-refractivity contribution in [1.29, 1.82) is 0 Å². The summed E-state index contributed by atoms with van der Waals surface area (Å²) >= 11 is 0. The Labute approximate surface area is 128 Å². The van der Waals surface area contributed by atoms with Gasteiger partial charge in [0.15, 0.2) is 0 Å². The zero-order valence-corrected chi connectivity index (χ0v) is 13.3. The van der Waals surface area contributed by atoms with Crippen LogP contribution in [-0.4, -0.2) is 16.8 Å². The van der Waals surface area contributed by atoms with E-state index in [0.717, 1.165) is 5.56 Å². The fourth-order valence-corrected chi connectivity index (χ4v) is 3.61. The molecule has 1 N–H and O–H groups in total. The van der Waals surface area contributed by atoms with Crippen LogP contribution in [-0.2, 0) is 19.1 Å². The molecule has 0 radical (unpaired) electrons. The fourth-order valence-electron chi connectivity index (χ4n) is 1.68. The molecule has 0 aliphatic rings. The first-order valence-corrected chi connectivity index (χ1v) is 9.62. The number of hydrogen-bond donors (Lipinski definition) is 1. The SMILES string of the molecule is Cc1cccc(S(=O)(=O)Nc2ccc(S(=O)(=O)Cl)cc2)c1. The Bertz CT molecular complexity index is 859. The van der Waals surface area contributed by atoms with E-state index < -0.39 is 19.1 Å². The smallest absolute Gasteiger partial charge is 0.261 e. The molecule has 0 saturated carbocycles. The minimum absolute atomic E-state index is 0.0947. The van der Waals surface area contributed by atoms with Gasteiger partial charge in [-0.1, -0.05) is 12.1 Å². The number of halogens is 1. The van der Waals surface area contributed by atoms with Gasteiger partial charge in [-0.3, -0.25) is 4.72 Å². The van der Waals surface area contributed by atoms with Crippen molar-refractivity contribution >= 4 is 35.4 Å². The van der Waals surface area contributed by atoms with Crippen molar-refractivity contribution in [3.8, 4) is 0 Å². The van der Waals surface area contributed by atoms with Crippen molar-refractivity contribution in [2.24, 2.45) is 0 Å². The van der Waals surface area contributed by atoms with E-state index in [0.29, 0.717) is 0 Å². The highest BCUT2D eigenvalue weighted by Crippen LogP contribution is 2.20. The summed E-state index contributed by atoms with van der Waals surface area (Å²) < 4.78 is 49.0. The molecule has 0 heterocycles. The van der Waals surface area contributed by atoms with E-state index in [2.05, 4.69) is 4.72 Å². The molecule has 0 aliphatic heterocycles. The van der Waals surface area contributed by atoms with Gasteiger partial charge in [0.25, 0.3) is 19.1 Å². The molecular formula is C13H12ClNO4S2. The molecule has 8 heteroatoms. The van der Waals surface area contributed by atoms with Crippen LogP contribution in [0, 0.1) is 6.92 Å². The summed E-state index contributed by atoms with van der Waals surface area (Å²) in [5, 5.41) is 0. The third-order valence-corrected chi connectivity index (χ3v) is 5.44. The highest BCUT2D eigenvalue weighted by atomic mass is 35.7. The van der Waals surface area contributed by atoms with E-state index in [4.69, 9.17) is 10.7 Å². The second-order valence-electron chi connectivity index (χ2n) is 4.38. The lowest BCUT2D eigenvalue weighted by molar-refractivity contribution is 0.601. The molecule has 0 aromatic heterocycles. The topological polar surface area (TPSA) is 80.3 Å². The molecule has 0 atom stereocenters. The highest BCUT2D eigenvalue weighted by molar-refractivity contribution is 8.13. The molecule has 0 fully saturated rings. The lowest BCUT2D eigenvalue weighted by atomic mass is 10.2. The summed E-state index contributed by atoms with van der Waals surface area (Å²) in [7, 11) is -2.35. The number of aryl methyl sites for hydroxylation is 1. The number of hydrogen-bond acceptors (Lipinski definition) is 4. The van der Waals surface area contributed by atoms with Gasteiger partial charge in [-0.2, -0.15) is 0 Å². The maximum absolute atomic E-state index is 12.2. The normalized spacial score (nSPS) is 12.1. The maximum atomic E-state index is 12.2. The Balaban J connectivity index is 2.29.